The molecule has 1 amide bonds. The number of carbonyl (C=O) groups excluding carboxylic acids is 1. The molecule has 2 fully saturated rings. The van der Waals surface area contributed by atoms with Crippen LogP contribution in [0.15, 0.2) is 18.2 Å². The first-order valence-corrected chi connectivity index (χ1v) is 9.42. The molecule has 1 aliphatic carbocycles. The number of amides is 1. The maximum atomic E-state index is 12.1. The standard InChI is InChI=1S/C20H29NO5/c1-24-18-8-7-14(11-19(18)25-2)9-10-26-17-6-4-3-5-16(17)21-13-15(22)12-20(21)23/h7-8,11,15-17,22H,3-6,9-10,12-13H2,1-2H3/t15-,16-,17?/m1/s1. The van der Waals surface area contributed by atoms with Crippen molar-refractivity contribution in [2.24, 2.45) is 0 Å². The van der Waals surface area contributed by atoms with E-state index in [2.05, 4.69) is 0 Å². The SMILES string of the molecule is COc1ccc(CCOC2CCCC[C@H]2N2C[C@H](O)CC2=O)cc1OC. The van der Waals surface area contributed by atoms with Crippen LogP contribution in [0.2, 0.25) is 0 Å². The number of carbonyl (C=O) groups is 1. The van der Waals surface area contributed by atoms with Crippen molar-refractivity contribution in [3.8, 4) is 11.5 Å². The maximum absolute atomic E-state index is 12.1. The van der Waals surface area contributed by atoms with Crippen molar-refractivity contribution in [2.75, 3.05) is 27.4 Å². The Hall–Kier alpha value is -1.79. The lowest BCUT2D eigenvalue weighted by Gasteiger charge is -2.37. The van der Waals surface area contributed by atoms with Crippen molar-refractivity contribution < 1.29 is 24.1 Å². The van der Waals surface area contributed by atoms with Gasteiger partial charge in [-0.25, -0.2) is 0 Å². The highest BCUT2D eigenvalue weighted by Gasteiger charge is 2.38. The first-order valence-electron chi connectivity index (χ1n) is 9.42. The summed E-state index contributed by atoms with van der Waals surface area (Å²) in [6, 6.07) is 5.99. The Kier molecular flexibility index (Phi) is 6.38. The Morgan fingerprint density at radius 1 is 1.15 bits per heavy atom. The van der Waals surface area contributed by atoms with Crippen molar-refractivity contribution in [3.63, 3.8) is 0 Å². The van der Waals surface area contributed by atoms with Crippen LogP contribution in [-0.4, -0.2) is 61.5 Å². The number of methoxy groups -OCH3 is 2. The summed E-state index contributed by atoms with van der Waals surface area (Å²) in [5.74, 6) is 1.49. The molecule has 3 atom stereocenters. The average molecular weight is 363 g/mol. The molecule has 0 bridgehead atoms. The fourth-order valence-electron chi connectivity index (χ4n) is 4.03. The van der Waals surface area contributed by atoms with Gasteiger partial charge in [0.25, 0.3) is 0 Å². The molecule has 1 aromatic rings. The second-order valence-corrected chi connectivity index (χ2v) is 7.10. The van der Waals surface area contributed by atoms with Crippen LogP contribution in [0.5, 0.6) is 11.5 Å². The smallest absolute Gasteiger partial charge is 0.225 e. The number of hydrogen-bond acceptors (Lipinski definition) is 5. The summed E-state index contributed by atoms with van der Waals surface area (Å²) in [6.07, 6.45) is 4.71. The Morgan fingerprint density at radius 2 is 1.92 bits per heavy atom. The number of β-amino-alcohol motifs (C(OH)–C–C–N with tert-alkyl or cyclic N) is 1. The molecule has 144 valence electrons. The van der Waals surface area contributed by atoms with Crippen LogP contribution in [-0.2, 0) is 16.0 Å². The molecule has 1 aliphatic heterocycles. The number of ether oxygens (including phenoxy) is 3. The summed E-state index contributed by atoms with van der Waals surface area (Å²) < 4.78 is 16.8. The maximum Gasteiger partial charge on any atom is 0.225 e. The highest BCUT2D eigenvalue weighted by Crippen LogP contribution is 2.30. The quantitative estimate of drug-likeness (QED) is 0.804. The molecule has 0 radical (unpaired) electrons. The van der Waals surface area contributed by atoms with Gasteiger partial charge in [0, 0.05) is 6.54 Å². The molecule has 1 saturated heterocycles. The van der Waals surface area contributed by atoms with Gasteiger partial charge in [0.1, 0.15) is 0 Å². The topological polar surface area (TPSA) is 68.2 Å². The zero-order valence-electron chi connectivity index (χ0n) is 15.6. The minimum Gasteiger partial charge on any atom is -0.493 e. The van der Waals surface area contributed by atoms with Crippen LogP contribution in [0.3, 0.4) is 0 Å². The van der Waals surface area contributed by atoms with Crippen LogP contribution in [0.25, 0.3) is 0 Å². The van der Waals surface area contributed by atoms with E-state index < -0.39 is 6.10 Å². The molecule has 1 N–H and O–H groups in total. The van der Waals surface area contributed by atoms with Gasteiger partial charge in [-0.3, -0.25) is 4.79 Å². The van der Waals surface area contributed by atoms with Crippen molar-refractivity contribution >= 4 is 5.91 Å². The van der Waals surface area contributed by atoms with Gasteiger partial charge < -0.3 is 24.2 Å². The monoisotopic (exact) mass is 363 g/mol. The van der Waals surface area contributed by atoms with Gasteiger partial charge in [-0.1, -0.05) is 18.9 Å². The third kappa shape index (κ3) is 4.30. The van der Waals surface area contributed by atoms with Gasteiger partial charge >= 0.3 is 0 Å². The van der Waals surface area contributed by atoms with Crippen LogP contribution in [0.4, 0.5) is 0 Å². The van der Waals surface area contributed by atoms with Gasteiger partial charge in [-0.15, -0.1) is 0 Å². The highest BCUT2D eigenvalue weighted by atomic mass is 16.5. The number of aliphatic hydroxyl groups excluding tert-OH is 1. The lowest BCUT2D eigenvalue weighted by Crippen LogP contribution is -2.47. The zero-order valence-corrected chi connectivity index (χ0v) is 15.6. The molecule has 1 heterocycles. The van der Waals surface area contributed by atoms with E-state index in [9.17, 15) is 9.90 Å². The number of likely N-dealkylation sites (tertiary alicyclic amines) is 1. The summed E-state index contributed by atoms with van der Waals surface area (Å²) in [5.41, 5.74) is 1.13. The van der Waals surface area contributed by atoms with E-state index in [-0.39, 0.29) is 24.5 Å². The van der Waals surface area contributed by atoms with Crippen LogP contribution in [0.1, 0.15) is 37.7 Å². The van der Waals surface area contributed by atoms with E-state index in [0.29, 0.717) is 13.2 Å². The fourth-order valence-corrected chi connectivity index (χ4v) is 4.03. The lowest BCUT2D eigenvalue weighted by atomic mass is 9.91. The lowest BCUT2D eigenvalue weighted by molar-refractivity contribution is -0.134. The molecule has 0 aromatic heterocycles. The van der Waals surface area contributed by atoms with Crippen LogP contribution >= 0.6 is 0 Å². The molecule has 6 nitrogen and oxygen atoms in total. The molecule has 26 heavy (non-hydrogen) atoms. The van der Waals surface area contributed by atoms with Gasteiger partial charge in [-0.2, -0.15) is 0 Å². The number of nitrogens with zero attached hydrogens (tertiary/aromatic N) is 1. The van der Waals surface area contributed by atoms with Crippen LogP contribution in [0, 0.1) is 0 Å². The number of hydrogen-bond donors (Lipinski definition) is 1. The third-order valence-electron chi connectivity index (χ3n) is 5.38. The van der Waals surface area contributed by atoms with E-state index in [0.717, 1.165) is 49.2 Å². The highest BCUT2D eigenvalue weighted by molar-refractivity contribution is 5.79. The Bertz CT molecular complexity index is 620. The minimum absolute atomic E-state index is 0.0536. The van der Waals surface area contributed by atoms with Crippen molar-refractivity contribution in [1.29, 1.82) is 0 Å². The third-order valence-corrected chi connectivity index (χ3v) is 5.38. The van der Waals surface area contributed by atoms with E-state index in [1.54, 1.807) is 14.2 Å². The molecule has 1 unspecified atom stereocenters. The summed E-state index contributed by atoms with van der Waals surface area (Å²) >= 11 is 0. The van der Waals surface area contributed by atoms with Crippen molar-refractivity contribution in [1.82, 2.24) is 4.90 Å². The van der Waals surface area contributed by atoms with Gasteiger partial charge in [0.15, 0.2) is 11.5 Å². The molecule has 1 aromatic carbocycles. The van der Waals surface area contributed by atoms with E-state index in [1.165, 1.54) is 0 Å². The number of benzene rings is 1. The van der Waals surface area contributed by atoms with Gasteiger partial charge in [0.05, 0.1) is 45.5 Å². The molecular formula is C20H29NO5. The van der Waals surface area contributed by atoms with Crippen molar-refractivity contribution in [2.45, 2.75) is 56.8 Å². The molecule has 6 heteroatoms. The van der Waals surface area contributed by atoms with Crippen molar-refractivity contribution in [3.05, 3.63) is 23.8 Å². The summed E-state index contributed by atoms with van der Waals surface area (Å²) in [7, 11) is 3.26. The van der Waals surface area contributed by atoms with E-state index in [1.807, 2.05) is 23.1 Å². The van der Waals surface area contributed by atoms with E-state index in [4.69, 9.17) is 14.2 Å². The predicted octanol–water partition coefficient (Wildman–Crippen LogP) is 2.17. The fraction of sp³-hybridized carbons (Fsp3) is 0.650. The number of aliphatic hydroxyl groups is 1. The average Bonchev–Trinajstić information content (AvgIpc) is 3.00. The Morgan fingerprint density at radius 3 is 2.62 bits per heavy atom. The molecular weight excluding hydrogens is 334 g/mol. The summed E-state index contributed by atoms with van der Waals surface area (Å²) in [5, 5.41) is 9.78. The summed E-state index contributed by atoms with van der Waals surface area (Å²) in [6.45, 7) is 1.04. The predicted molar refractivity (Wildman–Crippen MR) is 97.6 cm³/mol. The van der Waals surface area contributed by atoms with Gasteiger partial charge in [-0.05, 0) is 37.0 Å². The first-order chi connectivity index (χ1) is 12.6. The molecule has 3 rings (SSSR count). The summed E-state index contributed by atoms with van der Waals surface area (Å²) in [4.78, 5) is 14.0. The number of rotatable bonds is 7. The largest absolute Gasteiger partial charge is 0.493 e. The first kappa shape index (κ1) is 19.0. The van der Waals surface area contributed by atoms with Gasteiger partial charge in [0.2, 0.25) is 5.91 Å². The van der Waals surface area contributed by atoms with Crippen LogP contribution < -0.4 is 9.47 Å². The Balaban J connectivity index is 1.56. The normalized spacial score (nSPS) is 26.2. The molecule has 1 saturated carbocycles. The molecule has 0 spiro atoms. The second-order valence-electron chi connectivity index (χ2n) is 7.10. The Labute approximate surface area is 155 Å². The minimum atomic E-state index is -0.531. The zero-order chi connectivity index (χ0) is 18.5. The van der Waals surface area contributed by atoms with E-state index >= 15 is 0 Å². The molecule has 2 aliphatic rings. The second kappa shape index (κ2) is 8.73.